The van der Waals surface area contributed by atoms with Gasteiger partial charge in [0.1, 0.15) is 6.61 Å². The van der Waals surface area contributed by atoms with Crippen molar-refractivity contribution in [3.05, 3.63) is 34.9 Å². The fraction of sp³-hybridized carbons (Fsp3) is 0.579. The van der Waals surface area contributed by atoms with E-state index in [-0.39, 0.29) is 11.9 Å². The Morgan fingerprint density at radius 1 is 1.36 bits per heavy atom. The third-order valence-corrected chi connectivity index (χ3v) is 4.55. The third-order valence-electron chi connectivity index (χ3n) is 4.32. The predicted molar refractivity (Wildman–Crippen MR) is 102 cm³/mol. The summed E-state index contributed by atoms with van der Waals surface area (Å²) in [6.07, 6.45) is 2.38. The molecule has 1 heterocycles. The van der Waals surface area contributed by atoms with Crippen molar-refractivity contribution < 1.29 is 9.63 Å². The van der Waals surface area contributed by atoms with Gasteiger partial charge >= 0.3 is 0 Å². The number of benzene rings is 1. The SMILES string of the molecule is CNC(CC(C)C)C(=O)N1CCC(=NOCc2cccc(Cl)c2)CC1. The molecular formula is C19H28ClN3O2. The summed E-state index contributed by atoms with van der Waals surface area (Å²) in [5.74, 6) is 0.679. The van der Waals surface area contributed by atoms with Gasteiger partial charge in [0.15, 0.2) is 0 Å². The minimum absolute atomic E-state index is 0.0995. The highest BCUT2D eigenvalue weighted by Crippen LogP contribution is 2.14. The highest BCUT2D eigenvalue weighted by atomic mass is 35.5. The number of halogens is 1. The van der Waals surface area contributed by atoms with Gasteiger partial charge in [0.05, 0.1) is 11.8 Å². The maximum Gasteiger partial charge on any atom is 0.239 e. The van der Waals surface area contributed by atoms with Gasteiger partial charge in [-0.15, -0.1) is 0 Å². The monoisotopic (exact) mass is 365 g/mol. The molecule has 1 fully saturated rings. The summed E-state index contributed by atoms with van der Waals surface area (Å²) >= 11 is 5.95. The highest BCUT2D eigenvalue weighted by molar-refractivity contribution is 6.30. The number of carbonyl (C=O) groups is 1. The number of hydrogen-bond acceptors (Lipinski definition) is 4. The van der Waals surface area contributed by atoms with Gasteiger partial charge in [-0.25, -0.2) is 0 Å². The number of carbonyl (C=O) groups excluding carboxylic acids is 1. The maximum absolute atomic E-state index is 12.6. The van der Waals surface area contributed by atoms with Crippen molar-refractivity contribution >= 4 is 23.2 Å². The van der Waals surface area contributed by atoms with E-state index in [0.717, 1.165) is 30.5 Å². The van der Waals surface area contributed by atoms with Gasteiger partial charge in [0.2, 0.25) is 5.91 Å². The van der Waals surface area contributed by atoms with Crippen LogP contribution < -0.4 is 5.32 Å². The lowest BCUT2D eigenvalue weighted by Gasteiger charge is -2.31. The van der Waals surface area contributed by atoms with Crippen LogP contribution in [0.3, 0.4) is 0 Å². The van der Waals surface area contributed by atoms with Gasteiger partial charge in [-0.2, -0.15) is 0 Å². The molecule has 1 amide bonds. The number of rotatable bonds is 7. The minimum Gasteiger partial charge on any atom is -0.391 e. The summed E-state index contributed by atoms with van der Waals surface area (Å²) < 4.78 is 0. The molecule has 6 heteroatoms. The Hall–Kier alpha value is -1.59. The summed E-state index contributed by atoms with van der Waals surface area (Å²) in [6.45, 7) is 6.08. The van der Waals surface area contributed by atoms with Crippen LogP contribution in [0.5, 0.6) is 0 Å². The summed E-state index contributed by atoms with van der Waals surface area (Å²) in [7, 11) is 1.85. The van der Waals surface area contributed by atoms with Crippen LogP contribution in [0.4, 0.5) is 0 Å². The molecule has 2 rings (SSSR count). The first-order chi connectivity index (χ1) is 12.0. The average Bonchev–Trinajstić information content (AvgIpc) is 2.59. The Morgan fingerprint density at radius 3 is 2.68 bits per heavy atom. The van der Waals surface area contributed by atoms with E-state index in [1.807, 2.05) is 36.2 Å². The molecule has 1 atom stereocenters. The molecule has 0 radical (unpaired) electrons. The van der Waals surface area contributed by atoms with Crippen LogP contribution in [0.2, 0.25) is 5.02 Å². The van der Waals surface area contributed by atoms with E-state index in [4.69, 9.17) is 16.4 Å². The summed E-state index contributed by atoms with van der Waals surface area (Å²) in [4.78, 5) is 20.0. The molecule has 138 valence electrons. The lowest BCUT2D eigenvalue weighted by molar-refractivity contribution is -0.133. The van der Waals surface area contributed by atoms with Gasteiger partial charge < -0.3 is 15.1 Å². The van der Waals surface area contributed by atoms with E-state index in [0.29, 0.717) is 30.6 Å². The molecule has 0 aliphatic carbocycles. The fourth-order valence-electron chi connectivity index (χ4n) is 2.94. The van der Waals surface area contributed by atoms with Crippen molar-refractivity contribution in [2.24, 2.45) is 11.1 Å². The number of amides is 1. The highest BCUT2D eigenvalue weighted by Gasteiger charge is 2.26. The van der Waals surface area contributed by atoms with Crippen LogP contribution in [-0.2, 0) is 16.2 Å². The van der Waals surface area contributed by atoms with Crippen LogP contribution in [0, 0.1) is 5.92 Å². The van der Waals surface area contributed by atoms with Gasteiger partial charge in [0, 0.05) is 31.0 Å². The van der Waals surface area contributed by atoms with Crippen molar-refractivity contribution in [3.63, 3.8) is 0 Å². The molecule has 1 saturated heterocycles. The molecule has 1 aromatic rings. The Morgan fingerprint density at radius 2 is 2.08 bits per heavy atom. The van der Waals surface area contributed by atoms with Gasteiger partial charge in [-0.1, -0.05) is 42.7 Å². The fourth-order valence-corrected chi connectivity index (χ4v) is 3.15. The zero-order chi connectivity index (χ0) is 18.2. The van der Waals surface area contributed by atoms with Crippen molar-refractivity contribution in [1.29, 1.82) is 0 Å². The van der Waals surface area contributed by atoms with Gasteiger partial charge in [0.25, 0.3) is 0 Å². The number of likely N-dealkylation sites (tertiary alicyclic amines) is 1. The van der Waals surface area contributed by atoms with Crippen LogP contribution in [0.1, 0.15) is 38.7 Å². The van der Waals surface area contributed by atoms with Crippen molar-refractivity contribution in [2.45, 2.75) is 45.8 Å². The van der Waals surface area contributed by atoms with Gasteiger partial charge in [-0.05, 0) is 37.1 Å². The van der Waals surface area contributed by atoms with E-state index >= 15 is 0 Å². The molecule has 1 aliphatic rings. The van der Waals surface area contributed by atoms with E-state index in [9.17, 15) is 4.79 Å². The number of piperidine rings is 1. The second-order valence-electron chi connectivity index (χ2n) is 6.86. The number of nitrogens with one attached hydrogen (secondary N) is 1. The molecule has 0 spiro atoms. The number of hydrogen-bond donors (Lipinski definition) is 1. The Bertz CT molecular complexity index is 594. The molecule has 5 nitrogen and oxygen atoms in total. The lowest BCUT2D eigenvalue weighted by Crippen LogP contribution is -2.48. The molecular weight excluding hydrogens is 338 g/mol. The van der Waals surface area contributed by atoms with Crippen molar-refractivity contribution in [3.8, 4) is 0 Å². The number of likely N-dealkylation sites (N-methyl/N-ethyl adjacent to an activating group) is 1. The summed E-state index contributed by atoms with van der Waals surface area (Å²) in [5.41, 5.74) is 2.01. The first-order valence-electron chi connectivity index (χ1n) is 8.87. The molecule has 1 unspecified atom stereocenters. The van der Waals surface area contributed by atoms with Crippen molar-refractivity contribution in [1.82, 2.24) is 10.2 Å². The standard InChI is InChI=1S/C19H28ClN3O2/c1-14(2)11-18(21-3)19(24)23-9-7-17(8-10-23)22-25-13-15-5-4-6-16(20)12-15/h4-6,12,14,18,21H,7-11,13H2,1-3H3. The molecule has 25 heavy (non-hydrogen) atoms. The molecule has 0 saturated carbocycles. The Kier molecular flexibility index (Phi) is 7.72. The molecule has 0 bridgehead atoms. The van der Waals surface area contributed by atoms with E-state index in [1.54, 1.807) is 0 Å². The largest absolute Gasteiger partial charge is 0.391 e. The summed E-state index contributed by atoms with van der Waals surface area (Å²) in [5, 5.41) is 8.07. The normalized spacial score (nSPS) is 16.0. The van der Waals surface area contributed by atoms with E-state index in [2.05, 4.69) is 24.3 Å². The molecule has 1 aromatic carbocycles. The molecule has 1 N–H and O–H groups in total. The van der Waals surface area contributed by atoms with E-state index in [1.165, 1.54) is 0 Å². The molecule has 0 aromatic heterocycles. The second-order valence-corrected chi connectivity index (χ2v) is 7.29. The van der Waals surface area contributed by atoms with Crippen LogP contribution in [0.15, 0.2) is 29.4 Å². The smallest absolute Gasteiger partial charge is 0.239 e. The average molecular weight is 366 g/mol. The predicted octanol–water partition coefficient (Wildman–Crippen LogP) is 3.47. The number of nitrogens with zero attached hydrogens (tertiary/aromatic N) is 2. The lowest BCUT2D eigenvalue weighted by atomic mass is 10.0. The quantitative estimate of drug-likeness (QED) is 0.753. The first-order valence-corrected chi connectivity index (χ1v) is 9.25. The Balaban J connectivity index is 1.79. The summed E-state index contributed by atoms with van der Waals surface area (Å²) in [6, 6.07) is 7.46. The number of oxime groups is 1. The second kappa shape index (κ2) is 9.78. The molecule has 1 aliphatic heterocycles. The van der Waals surface area contributed by atoms with Crippen LogP contribution in [-0.4, -0.2) is 42.7 Å². The minimum atomic E-state index is -0.0995. The zero-order valence-corrected chi connectivity index (χ0v) is 16.1. The zero-order valence-electron chi connectivity index (χ0n) is 15.3. The maximum atomic E-state index is 12.6. The first kappa shape index (κ1) is 19.7. The van der Waals surface area contributed by atoms with Crippen LogP contribution in [0.25, 0.3) is 0 Å². The third kappa shape index (κ3) is 6.33. The van der Waals surface area contributed by atoms with Crippen LogP contribution >= 0.6 is 11.6 Å². The Labute approximate surface area is 155 Å². The van der Waals surface area contributed by atoms with E-state index < -0.39 is 0 Å². The topological polar surface area (TPSA) is 53.9 Å². The van der Waals surface area contributed by atoms with Crippen molar-refractivity contribution in [2.75, 3.05) is 20.1 Å². The van der Waals surface area contributed by atoms with Gasteiger partial charge in [-0.3, -0.25) is 4.79 Å².